The Balaban J connectivity index is 1.99. The lowest BCUT2D eigenvalue weighted by Gasteiger charge is -2.34. The van der Waals surface area contributed by atoms with Crippen molar-refractivity contribution in [2.45, 2.75) is 23.9 Å². The van der Waals surface area contributed by atoms with Crippen LogP contribution in [0.4, 0.5) is 0 Å². The van der Waals surface area contributed by atoms with Crippen LogP contribution in [0.15, 0.2) is 11.4 Å². The van der Waals surface area contributed by atoms with Crippen LogP contribution in [0.3, 0.4) is 0 Å². The summed E-state index contributed by atoms with van der Waals surface area (Å²) in [6.07, 6.45) is 2.76. The molecular weight excluding hydrogens is 304 g/mol. The second kappa shape index (κ2) is 4.71. The summed E-state index contributed by atoms with van der Waals surface area (Å²) in [6, 6.07) is -0.334. The second-order valence-electron chi connectivity index (χ2n) is 5.13. The summed E-state index contributed by atoms with van der Waals surface area (Å²) in [6.45, 7) is 0.749. The van der Waals surface area contributed by atoms with Crippen molar-refractivity contribution in [3.8, 4) is 0 Å². The minimum atomic E-state index is -3.77. The van der Waals surface area contributed by atoms with Gasteiger partial charge in [-0.2, -0.15) is 4.31 Å². The lowest BCUT2D eigenvalue weighted by Crippen LogP contribution is -2.48. The zero-order chi connectivity index (χ0) is 14.5. The largest absolute Gasteiger partial charge is 0.354 e. The van der Waals surface area contributed by atoms with Gasteiger partial charge in [0.25, 0.3) is 10.0 Å². The van der Waals surface area contributed by atoms with Crippen molar-refractivity contribution in [3.05, 3.63) is 11.5 Å². The third-order valence-corrected chi connectivity index (χ3v) is 6.35. The van der Waals surface area contributed by atoms with Crippen LogP contribution in [0, 0.1) is 5.92 Å². The van der Waals surface area contributed by atoms with E-state index >= 15 is 0 Å². The average Bonchev–Trinajstić information content (AvgIpc) is 2.95. The van der Waals surface area contributed by atoms with Gasteiger partial charge in [0.1, 0.15) is 5.15 Å². The van der Waals surface area contributed by atoms with Crippen LogP contribution in [0.5, 0.6) is 0 Å². The summed E-state index contributed by atoms with van der Waals surface area (Å²) in [7, 11) is -2.14. The molecule has 0 spiro atoms. The van der Waals surface area contributed by atoms with Gasteiger partial charge in [-0.3, -0.25) is 4.79 Å². The number of imidazole rings is 1. The smallest absolute Gasteiger partial charge is 0.264 e. The number of rotatable bonds is 2. The second-order valence-corrected chi connectivity index (χ2v) is 7.29. The first kappa shape index (κ1) is 13.8. The highest BCUT2D eigenvalue weighted by molar-refractivity contribution is 7.89. The van der Waals surface area contributed by atoms with Crippen molar-refractivity contribution in [1.82, 2.24) is 19.2 Å². The molecule has 2 fully saturated rings. The number of piperidine rings is 1. The fraction of sp³-hybridized carbons (Fsp3) is 0.636. The molecule has 2 aliphatic heterocycles. The molecule has 3 heterocycles. The van der Waals surface area contributed by atoms with E-state index in [1.165, 1.54) is 15.2 Å². The van der Waals surface area contributed by atoms with E-state index in [1.807, 2.05) is 0 Å². The van der Waals surface area contributed by atoms with Gasteiger partial charge in [0.05, 0.1) is 18.3 Å². The molecule has 2 saturated heterocycles. The van der Waals surface area contributed by atoms with Gasteiger partial charge in [0.2, 0.25) is 10.9 Å². The Bertz CT molecular complexity index is 657. The molecule has 0 radical (unpaired) electrons. The number of sulfonamides is 1. The molecule has 1 aromatic heterocycles. The van der Waals surface area contributed by atoms with E-state index in [1.54, 1.807) is 7.05 Å². The van der Waals surface area contributed by atoms with E-state index < -0.39 is 10.0 Å². The molecule has 1 N–H and O–H groups in total. The van der Waals surface area contributed by atoms with Gasteiger partial charge in [-0.1, -0.05) is 11.6 Å². The topological polar surface area (TPSA) is 84.3 Å². The lowest BCUT2D eigenvalue weighted by atomic mass is 9.93. The summed E-state index contributed by atoms with van der Waals surface area (Å²) in [5.74, 6) is -0.331. The van der Waals surface area contributed by atoms with Gasteiger partial charge in [0, 0.05) is 20.1 Å². The molecule has 2 unspecified atom stereocenters. The summed E-state index contributed by atoms with van der Waals surface area (Å²) < 4.78 is 28.2. The Morgan fingerprint density at radius 1 is 1.50 bits per heavy atom. The summed E-state index contributed by atoms with van der Waals surface area (Å²) in [4.78, 5) is 15.6. The van der Waals surface area contributed by atoms with E-state index in [0.717, 1.165) is 6.42 Å². The fourth-order valence-electron chi connectivity index (χ4n) is 2.89. The van der Waals surface area contributed by atoms with Gasteiger partial charge >= 0.3 is 0 Å². The van der Waals surface area contributed by atoms with Gasteiger partial charge < -0.3 is 9.88 Å². The highest BCUT2D eigenvalue weighted by Gasteiger charge is 2.46. The van der Waals surface area contributed by atoms with Crippen molar-refractivity contribution in [2.75, 3.05) is 13.1 Å². The highest BCUT2D eigenvalue weighted by Crippen LogP contribution is 2.33. The number of aryl methyl sites for hydroxylation is 1. The molecule has 1 amide bonds. The van der Waals surface area contributed by atoms with E-state index in [-0.39, 0.29) is 28.0 Å². The third kappa shape index (κ3) is 1.94. The maximum Gasteiger partial charge on any atom is 0.264 e. The minimum Gasteiger partial charge on any atom is -0.354 e. The van der Waals surface area contributed by atoms with Gasteiger partial charge in [-0.15, -0.1) is 0 Å². The van der Waals surface area contributed by atoms with Crippen LogP contribution in [0.2, 0.25) is 5.15 Å². The van der Waals surface area contributed by atoms with Gasteiger partial charge in [0.15, 0.2) is 0 Å². The minimum absolute atomic E-state index is 0.0676. The zero-order valence-corrected chi connectivity index (χ0v) is 12.5. The molecule has 9 heteroatoms. The summed E-state index contributed by atoms with van der Waals surface area (Å²) in [5.41, 5.74) is 0. The van der Waals surface area contributed by atoms with Crippen molar-refractivity contribution < 1.29 is 13.2 Å². The molecule has 7 nitrogen and oxygen atoms in total. The Morgan fingerprint density at radius 2 is 2.25 bits per heavy atom. The third-order valence-electron chi connectivity index (χ3n) is 3.94. The van der Waals surface area contributed by atoms with E-state index in [2.05, 4.69) is 10.3 Å². The molecule has 20 heavy (non-hydrogen) atoms. The predicted molar refractivity (Wildman–Crippen MR) is 71.6 cm³/mol. The van der Waals surface area contributed by atoms with Crippen LogP contribution in [0.1, 0.15) is 12.8 Å². The molecule has 3 rings (SSSR count). The molecule has 0 saturated carbocycles. The number of amides is 1. The van der Waals surface area contributed by atoms with Crippen molar-refractivity contribution in [1.29, 1.82) is 0 Å². The number of nitrogens with zero attached hydrogens (tertiary/aromatic N) is 3. The Labute approximate surface area is 122 Å². The quantitative estimate of drug-likeness (QED) is 0.830. The first-order valence-corrected chi connectivity index (χ1v) is 8.21. The number of carbonyl (C=O) groups excluding carboxylic acids is 1. The maximum absolute atomic E-state index is 12.7. The van der Waals surface area contributed by atoms with Crippen molar-refractivity contribution >= 4 is 27.5 Å². The van der Waals surface area contributed by atoms with Crippen LogP contribution in [-0.2, 0) is 21.9 Å². The van der Waals surface area contributed by atoms with E-state index in [9.17, 15) is 13.2 Å². The lowest BCUT2D eigenvalue weighted by molar-refractivity contribution is -0.123. The Morgan fingerprint density at radius 3 is 2.90 bits per heavy atom. The average molecular weight is 319 g/mol. The van der Waals surface area contributed by atoms with Gasteiger partial charge in [-0.05, 0) is 12.8 Å². The molecule has 0 bridgehead atoms. The van der Waals surface area contributed by atoms with Crippen LogP contribution in [0.25, 0.3) is 0 Å². The van der Waals surface area contributed by atoms with Crippen molar-refractivity contribution in [3.63, 3.8) is 0 Å². The Kier molecular flexibility index (Phi) is 3.26. The summed E-state index contributed by atoms with van der Waals surface area (Å²) in [5, 5.41) is 2.68. The van der Waals surface area contributed by atoms with E-state index in [0.29, 0.717) is 19.5 Å². The number of fused-ring (bicyclic) bond motifs is 1. The Hall–Kier alpha value is -1.12. The normalized spacial score (nSPS) is 27.4. The molecule has 2 aliphatic rings. The SMILES string of the molecule is Cn1cnc(S(=O)(=O)N2CCCC3C(=O)NCC32)c1Cl. The number of hydrogen-bond acceptors (Lipinski definition) is 4. The molecule has 110 valence electrons. The highest BCUT2D eigenvalue weighted by atomic mass is 35.5. The maximum atomic E-state index is 12.7. The zero-order valence-electron chi connectivity index (χ0n) is 10.9. The molecule has 0 aromatic carbocycles. The van der Waals surface area contributed by atoms with Crippen LogP contribution >= 0.6 is 11.6 Å². The van der Waals surface area contributed by atoms with E-state index in [4.69, 9.17) is 11.6 Å². The molecule has 1 aromatic rings. The number of nitrogens with one attached hydrogen (secondary N) is 1. The van der Waals surface area contributed by atoms with Gasteiger partial charge in [-0.25, -0.2) is 13.4 Å². The monoisotopic (exact) mass is 318 g/mol. The number of carbonyl (C=O) groups is 1. The predicted octanol–water partition coefficient (Wildman–Crippen LogP) is -0.0274. The standard InChI is InChI=1S/C11H15ClN4O3S/c1-15-6-14-11(9(15)12)20(18,19)16-4-2-3-7-8(16)5-13-10(7)17/h6-8H,2-5H2,1H3,(H,13,17). The molecule has 2 atom stereocenters. The molecular formula is C11H15ClN4O3S. The first-order valence-electron chi connectivity index (χ1n) is 6.39. The van der Waals surface area contributed by atoms with Crippen LogP contribution in [-0.4, -0.2) is 47.3 Å². The first-order chi connectivity index (χ1) is 9.43. The molecule has 0 aliphatic carbocycles. The number of halogens is 1. The van der Waals surface area contributed by atoms with Crippen molar-refractivity contribution in [2.24, 2.45) is 13.0 Å². The number of hydrogen-bond donors (Lipinski definition) is 1. The number of aromatic nitrogens is 2. The fourth-order valence-corrected chi connectivity index (χ4v) is 4.98. The summed E-state index contributed by atoms with van der Waals surface area (Å²) >= 11 is 6.00. The van der Waals surface area contributed by atoms with Crippen LogP contribution < -0.4 is 5.32 Å².